The Morgan fingerprint density at radius 3 is 2.35 bits per heavy atom. The first kappa shape index (κ1) is 19.6. The number of H-pyrrole nitrogens is 1. The standard InChI is InChI=1S/C16H20N4O5S/c1-11(10-25-2)20-26(23,24)13-7-5-12(6-8-13)15(21)18-19-16(22)14-4-3-9-17-14/h3-9,11,17,20H,10H2,1-2H3,(H,18,21)(H,19,22)/t11-/m0/s1. The van der Waals surface area contributed by atoms with E-state index in [1.165, 1.54) is 31.4 Å². The van der Waals surface area contributed by atoms with Crippen molar-refractivity contribution in [2.24, 2.45) is 0 Å². The van der Waals surface area contributed by atoms with Crippen LogP contribution in [0.2, 0.25) is 0 Å². The minimum absolute atomic E-state index is 0.0208. The van der Waals surface area contributed by atoms with Gasteiger partial charge in [0.1, 0.15) is 5.69 Å². The van der Waals surface area contributed by atoms with Crippen LogP contribution in [0, 0.1) is 0 Å². The second-order valence-corrected chi connectivity index (χ2v) is 7.21. The van der Waals surface area contributed by atoms with Gasteiger partial charge in [0.2, 0.25) is 10.0 Å². The molecule has 0 spiro atoms. The SMILES string of the molecule is COC[C@H](C)NS(=O)(=O)c1ccc(C(=O)NNC(=O)c2ccc[nH]2)cc1. The Labute approximate surface area is 151 Å². The highest BCUT2D eigenvalue weighted by Gasteiger charge is 2.18. The summed E-state index contributed by atoms with van der Waals surface area (Å²) < 4.78 is 31.8. The lowest BCUT2D eigenvalue weighted by Crippen LogP contribution is -2.41. The van der Waals surface area contributed by atoms with Gasteiger partial charge in [-0.2, -0.15) is 0 Å². The first-order chi connectivity index (χ1) is 12.3. The Bertz CT molecular complexity index is 847. The zero-order chi connectivity index (χ0) is 19.2. The van der Waals surface area contributed by atoms with Gasteiger partial charge in [0.05, 0.1) is 11.5 Å². The number of methoxy groups -OCH3 is 1. The summed E-state index contributed by atoms with van der Waals surface area (Å²) in [7, 11) is -2.24. The van der Waals surface area contributed by atoms with Gasteiger partial charge in [-0.25, -0.2) is 13.1 Å². The molecule has 1 heterocycles. The van der Waals surface area contributed by atoms with Crippen LogP contribution in [0.5, 0.6) is 0 Å². The Morgan fingerprint density at radius 2 is 1.77 bits per heavy atom. The molecule has 0 saturated heterocycles. The van der Waals surface area contributed by atoms with Crippen LogP contribution < -0.4 is 15.6 Å². The van der Waals surface area contributed by atoms with Crippen molar-refractivity contribution in [1.29, 1.82) is 0 Å². The van der Waals surface area contributed by atoms with Crippen LogP contribution in [-0.2, 0) is 14.8 Å². The fourth-order valence-corrected chi connectivity index (χ4v) is 3.36. The van der Waals surface area contributed by atoms with Crippen molar-refractivity contribution < 1.29 is 22.7 Å². The van der Waals surface area contributed by atoms with Gasteiger partial charge in [-0.05, 0) is 43.3 Å². The van der Waals surface area contributed by atoms with Crippen LogP contribution in [0.15, 0.2) is 47.5 Å². The van der Waals surface area contributed by atoms with Crippen LogP contribution in [0.25, 0.3) is 0 Å². The van der Waals surface area contributed by atoms with E-state index in [-0.39, 0.29) is 17.1 Å². The first-order valence-electron chi connectivity index (χ1n) is 7.69. The van der Waals surface area contributed by atoms with Gasteiger partial charge in [-0.3, -0.25) is 20.4 Å². The molecular formula is C16H20N4O5S. The molecule has 2 amide bonds. The topological polar surface area (TPSA) is 129 Å². The third kappa shape index (κ3) is 5.15. The minimum Gasteiger partial charge on any atom is -0.383 e. The molecule has 10 heteroatoms. The summed E-state index contributed by atoms with van der Waals surface area (Å²) in [5, 5.41) is 0. The highest BCUT2D eigenvalue weighted by atomic mass is 32.2. The van der Waals surface area contributed by atoms with Gasteiger partial charge >= 0.3 is 0 Å². The molecule has 1 aromatic heterocycles. The van der Waals surface area contributed by atoms with Crippen molar-refractivity contribution >= 4 is 21.8 Å². The van der Waals surface area contributed by atoms with E-state index in [0.717, 1.165) is 0 Å². The quantitative estimate of drug-likeness (QED) is 0.517. The first-order valence-corrected chi connectivity index (χ1v) is 9.17. The maximum absolute atomic E-state index is 12.2. The number of aromatic amines is 1. The van der Waals surface area contributed by atoms with Crippen molar-refractivity contribution in [2.75, 3.05) is 13.7 Å². The van der Waals surface area contributed by atoms with Crippen LogP contribution in [0.1, 0.15) is 27.8 Å². The Kier molecular flexibility index (Phi) is 6.50. The van der Waals surface area contributed by atoms with E-state index >= 15 is 0 Å². The Hall–Kier alpha value is -2.69. The summed E-state index contributed by atoms with van der Waals surface area (Å²) in [5.74, 6) is -1.08. The van der Waals surface area contributed by atoms with Gasteiger partial charge in [0, 0.05) is 24.9 Å². The Balaban J connectivity index is 1.97. The number of hydrazine groups is 1. The molecule has 26 heavy (non-hydrogen) atoms. The smallest absolute Gasteiger partial charge is 0.286 e. The van der Waals surface area contributed by atoms with Gasteiger partial charge < -0.3 is 9.72 Å². The monoisotopic (exact) mass is 380 g/mol. The molecular weight excluding hydrogens is 360 g/mol. The summed E-state index contributed by atoms with van der Waals surface area (Å²) in [6.45, 7) is 1.91. The molecule has 0 radical (unpaired) electrons. The number of amides is 2. The molecule has 0 unspecified atom stereocenters. The molecule has 0 bridgehead atoms. The third-order valence-electron chi connectivity index (χ3n) is 3.33. The molecule has 2 aromatic rings. The number of carbonyl (C=O) groups is 2. The zero-order valence-corrected chi connectivity index (χ0v) is 15.1. The summed E-state index contributed by atoms with van der Waals surface area (Å²) in [6.07, 6.45) is 1.58. The molecule has 0 saturated carbocycles. The zero-order valence-electron chi connectivity index (χ0n) is 14.3. The van der Waals surface area contributed by atoms with Crippen LogP contribution in [0.3, 0.4) is 0 Å². The van der Waals surface area contributed by atoms with E-state index in [9.17, 15) is 18.0 Å². The molecule has 0 aliphatic rings. The lowest BCUT2D eigenvalue weighted by Gasteiger charge is -2.13. The lowest BCUT2D eigenvalue weighted by atomic mass is 10.2. The number of sulfonamides is 1. The van der Waals surface area contributed by atoms with Crippen LogP contribution in [-0.4, -0.2) is 45.0 Å². The van der Waals surface area contributed by atoms with E-state index in [4.69, 9.17) is 4.74 Å². The molecule has 140 valence electrons. The number of aromatic nitrogens is 1. The molecule has 9 nitrogen and oxygen atoms in total. The summed E-state index contributed by atoms with van der Waals surface area (Å²) in [4.78, 5) is 26.5. The Morgan fingerprint density at radius 1 is 1.12 bits per heavy atom. The van der Waals surface area contributed by atoms with Gasteiger partial charge in [-0.15, -0.1) is 0 Å². The normalized spacial score (nSPS) is 12.4. The number of hydrogen-bond acceptors (Lipinski definition) is 5. The van der Waals surface area contributed by atoms with Gasteiger partial charge in [0.25, 0.3) is 11.8 Å². The molecule has 0 aliphatic heterocycles. The van der Waals surface area contributed by atoms with Crippen molar-refractivity contribution in [3.63, 3.8) is 0 Å². The number of nitrogens with one attached hydrogen (secondary N) is 4. The van der Waals surface area contributed by atoms with E-state index in [2.05, 4.69) is 20.6 Å². The molecule has 4 N–H and O–H groups in total. The van der Waals surface area contributed by atoms with Gasteiger partial charge in [0.15, 0.2) is 0 Å². The average Bonchev–Trinajstić information content (AvgIpc) is 3.14. The number of rotatable bonds is 7. The largest absolute Gasteiger partial charge is 0.383 e. The van der Waals surface area contributed by atoms with Crippen molar-refractivity contribution in [3.8, 4) is 0 Å². The second-order valence-electron chi connectivity index (χ2n) is 5.49. The second kappa shape index (κ2) is 8.61. The predicted octanol–water partition coefficient (Wildman–Crippen LogP) is 0.403. The molecule has 1 aromatic carbocycles. The van der Waals surface area contributed by atoms with E-state index in [0.29, 0.717) is 5.69 Å². The number of benzene rings is 1. The van der Waals surface area contributed by atoms with Crippen molar-refractivity contribution in [3.05, 3.63) is 53.9 Å². The fourth-order valence-electron chi connectivity index (χ4n) is 2.13. The van der Waals surface area contributed by atoms with E-state index < -0.39 is 27.9 Å². The highest BCUT2D eigenvalue weighted by Crippen LogP contribution is 2.11. The predicted molar refractivity (Wildman–Crippen MR) is 93.8 cm³/mol. The van der Waals surface area contributed by atoms with Crippen LogP contribution >= 0.6 is 0 Å². The number of carbonyl (C=O) groups excluding carboxylic acids is 2. The highest BCUT2D eigenvalue weighted by molar-refractivity contribution is 7.89. The van der Waals surface area contributed by atoms with E-state index in [1.807, 2.05) is 0 Å². The fraction of sp³-hybridized carbons (Fsp3) is 0.250. The summed E-state index contributed by atoms with van der Waals surface area (Å²) in [6, 6.07) is 8.14. The average molecular weight is 380 g/mol. The summed E-state index contributed by atoms with van der Waals surface area (Å²) >= 11 is 0. The minimum atomic E-state index is -3.72. The third-order valence-corrected chi connectivity index (χ3v) is 4.94. The summed E-state index contributed by atoms with van der Waals surface area (Å²) in [5.41, 5.74) is 5.00. The maximum Gasteiger partial charge on any atom is 0.286 e. The molecule has 2 rings (SSSR count). The number of hydrogen-bond donors (Lipinski definition) is 4. The molecule has 0 aliphatic carbocycles. The van der Waals surface area contributed by atoms with E-state index in [1.54, 1.807) is 25.3 Å². The molecule has 0 fully saturated rings. The lowest BCUT2D eigenvalue weighted by molar-refractivity contribution is 0.0844. The maximum atomic E-state index is 12.2. The molecule has 1 atom stereocenters. The number of ether oxygens (including phenoxy) is 1. The van der Waals surface area contributed by atoms with Crippen LogP contribution in [0.4, 0.5) is 0 Å². The van der Waals surface area contributed by atoms with Crippen molar-refractivity contribution in [1.82, 2.24) is 20.6 Å². The van der Waals surface area contributed by atoms with Gasteiger partial charge in [-0.1, -0.05) is 0 Å². The van der Waals surface area contributed by atoms with Crippen molar-refractivity contribution in [2.45, 2.75) is 17.9 Å².